The van der Waals surface area contributed by atoms with Crippen LogP contribution in [0.3, 0.4) is 0 Å². The number of allylic oxidation sites excluding steroid dienone is 2. The Balaban J connectivity index is 1.05. The van der Waals surface area contributed by atoms with E-state index in [1.807, 2.05) is 11.3 Å². The fraction of sp³-hybridized carbons (Fsp3) is 0.0182. The summed E-state index contributed by atoms with van der Waals surface area (Å²) in [4.78, 5) is 0. The molecule has 3 heteroatoms. The van der Waals surface area contributed by atoms with Crippen LogP contribution in [0, 0.1) is 6.92 Å². The van der Waals surface area contributed by atoms with E-state index in [4.69, 9.17) is 0 Å². The van der Waals surface area contributed by atoms with Crippen LogP contribution in [0.4, 0.5) is 0 Å². The van der Waals surface area contributed by atoms with E-state index in [0.29, 0.717) is 0 Å². The van der Waals surface area contributed by atoms with Gasteiger partial charge in [-0.1, -0.05) is 134 Å². The highest BCUT2D eigenvalue weighted by Crippen LogP contribution is 2.40. The Labute approximate surface area is 341 Å². The summed E-state index contributed by atoms with van der Waals surface area (Å²) in [5, 5.41) is 6.30. The second-order valence-electron chi connectivity index (χ2n) is 15.0. The monoisotopic (exact) mass is 758 g/mol. The van der Waals surface area contributed by atoms with E-state index in [0.717, 1.165) is 17.0 Å². The predicted octanol–water partition coefficient (Wildman–Crippen LogP) is 15.5. The number of benzene rings is 8. The molecule has 0 aliphatic carbocycles. The van der Waals surface area contributed by atoms with Crippen molar-refractivity contribution in [1.29, 1.82) is 0 Å². The number of hydrogen-bond acceptors (Lipinski definition) is 1. The zero-order valence-electron chi connectivity index (χ0n) is 32.1. The van der Waals surface area contributed by atoms with Gasteiger partial charge in [-0.3, -0.25) is 0 Å². The Morgan fingerprint density at radius 1 is 0.466 bits per heavy atom. The van der Waals surface area contributed by atoms with Gasteiger partial charge in [0, 0.05) is 53.4 Å². The lowest BCUT2D eigenvalue weighted by atomic mass is 9.99. The van der Waals surface area contributed by atoms with Gasteiger partial charge in [0.2, 0.25) is 0 Å². The van der Waals surface area contributed by atoms with E-state index in [1.165, 1.54) is 91.9 Å². The highest BCUT2D eigenvalue weighted by molar-refractivity contribution is 7.25. The second-order valence-corrected chi connectivity index (χ2v) is 16.1. The first-order valence-electron chi connectivity index (χ1n) is 19.8. The molecule has 0 unspecified atom stereocenters. The summed E-state index contributed by atoms with van der Waals surface area (Å²) in [7, 11) is 0. The van der Waals surface area contributed by atoms with Gasteiger partial charge in [0.1, 0.15) is 0 Å². The van der Waals surface area contributed by atoms with Crippen LogP contribution in [0.25, 0.3) is 98.2 Å². The number of para-hydroxylation sites is 2. The first-order valence-corrected chi connectivity index (χ1v) is 20.6. The van der Waals surface area contributed by atoms with Crippen LogP contribution in [-0.2, 0) is 0 Å². The topological polar surface area (TPSA) is 9.86 Å². The average Bonchev–Trinajstić information content (AvgIpc) is 3.93. The molecule has 3 heterocycles. The van der Waals surface area contributed by atoms with Crippen LogP contribution in [0.1, 0.15) is 16.8 Å². The van der Waals surface area contributed by atoms with E-state index in [2.05, 4.69) is 223 Å². The van der Waals surface area contributed by atoms with Crippen molar-refractivity contribution in [3.63, 3.8) is 0 Å². The fourth-order valence-corrected chi connectivity index (χ4v) is 10.0. The molecule has 2 nitrogen and oxygen atoms in total. The predicted molar refractivity (Wildman–Crippen MR) is 251 cm³/mol. The summed E-state index contributed by atoms with van der Waals surface area (Å²) >= 11 is 1.84. The molecule has 0 amide bonds. The van der Waals surface area contributed by atoms with Crippen molar-refractivity contribution >= 4 is 75.9 Å². The molecule has 3 aromatic heterocycles. The van der Waals surface area contributed by atoms with Gasteiger partial charge < -0.3 is 9.13 Å². The number of aryl methyl sites for hydroxylation is 1. The largest absolute Gasteiger partial charge is 0.310 e. The maximum absolute atomic E-state index is 4.64. The van der Waals surface area contributed by atoms with Gasteiger partial charge in [-0.25, -0.2) is 0 Å². The number of hydrogen-bond donors (Lipinski definition) is 0. The maximum atomic E-state index is 4.64. The van der Waals surface area contributed by atoms with E-state index in [-0.39, 0.29) is 0 Å². The maximum Gasteiger partial charge on any atom is 0.0541 e. The lowest BCUT2D eigenvalue weighted by Gasteiger charge is -2.12. The first-order chi connectivity index (χ1) is 28.6. The van der Waals surface area contributed by atoms with Crippen molar-refractivity contribution in [2.24, 2.45) is 0 Å². The standard InChI is InChI=1S/C55H38N2S/c1-36(44-20-13-23-54-55(44)46-19-10-12-22-53(46)58-54)24-31-49-37(2)47-34-40(27-32-51(47)56(49)43-29-25-39(26-30-43)38-14-5-3-6-15-38)41-28-33-52-48(35-41)45-18-9-11-21-50(45)57(52)42-16-7-4-8-17-42/h3-35H,1H2,2H3/b31-24-. The van der Waals surface area contributed by atoms with E-state index in [1.54, 1.807) is 0 Å². The Hall–Kier alpha value is -7.20. The first kappa shape index (κ1) is 34.1. The van der Waals surface area contributed by atoms with Crippen LogP contribution in [-0.4, -0.2) is 9.13 Å². The minimum absolute atomic E-state index is 0.994. The number of fused-ring (bicyclic) bond motifs is 7. The number of rotatable bonds is 7. The summed E-state index contributed by atoms with van der Waals surface area (Å²) in [6, 6.07) is 68.1. The molecular weight excluding hydrogens is 721 g/mol. The van der Waals surface area contributed by atoms with Crippen molar-refractivity contribution in [3.05, 3.63) is 218 Å². The smallest absolute Gasteiger partial charge is 0.0541 e. The fourth-order valence-electron chi connectivity index (χ4n) is 8.88. The molecule has 0 N–H and O–H groups in total. The van der Waals surface area contributed by atoms with E-state index >= 15 is 0 Å². The van der Waals surface area contributed by atoms with Crippen molar-refractivity contribution in [3.8, 4) is 33.6 Å². The van der Waals surface area contributed by atoms with Crippen molar-refractivity contribution in [2.45, 2.75) is 6.92 Å². The van der Waals surface area contributed by atoms with Gasteiger partial charge in [0.05, 0.1) is 16.6 Å². The molecule has 0 fully saturated rings. The Kier molecular flexibility index (Phi) is 8.09. The minimum Gasteiger partial charge on any atom is -0.310 e. The minimum atomic E-state index is 0.994. The molecule has 0 aliphatic heterocycles. The molecule has 0 spiro atoms. The SMILES string of the molecule is C=C(/C=C\c1c(C)c2cc(-c3ccc4c(c3)c3ccccc3n4-c3ccccc3)ccc2n1-c1ccc(-c2ccccc2)cc1)c1cccc2sc3ccccc3c12. The zero-order valence-corrected chi connectivity index (χ0v) is 32.9. The summed E-state index contributed by atoms with van der Waals surface area (Å²) in [5.41, 5.74) is 15.2. The Morgan fingerprint density at radius 2 is 1.03 bits per heavy atom. The van der Waals surface area contributed by atoms with Gasteiger partial charge in [-0.05, 0) is 119 Å². The summed E-state index contributed by atoms with van der Waals surface area (Å²) < 4.78 is 7.36. The van der Waals surface area contributed by atoms with Crippen LogP contribution in [0.2, 0.25) is 0 Å². The molecule has 0 atom stereocenters. The van der Waals surface area contributed by atoms with Gasteiger partial charge >= 0.3 is 0 Å². The third kappa shape index (κ3) is 5.55. The number of thiophene rings is 1. The molecule has 0 radical (unpaired) electrons. The zero-order chi connectivity index (χ0) is 38.7. The van der Waals surface area contributed by atoms with Crippen LogP contribution < -0.4 is 0 Å². The molecule has 11 rings (SSSR count). The lowest BCUT2D eigenvalue weighted by molar-refractivity contribution is 1.10. The van der Waals surface area contributed by atoms with Crippen LogP contribution in [0.5, 0.6) is 0 Å². The van der Waals surface area contributed by atoms with Gasteiger partial charge in [-0.2, -0.15) is 0 Å². The second kappa shape index (κ2) is 13.8. The third-order valence-electron chi connectivity index (χ3n) is 11.7. The lowest BCUT2D eigenvalue weighted by Crippen LogP contribution is -1.97. The molecule has 0 aliphatic rings. The number of aromatic nitrogens is 2. The van der Waals surface area contributed by atoms with Gasteiger partial charge in [-0.15, -0.1) is 11.3 Å². The highest BCUT2D eigenvalue weighted by atomic mass is 32.1. The molecule has 11 aromatic rings. The number of nitrogens with zero attached hydrogens (tertiary/aromatic N) is 2. The summed E-state index contributed by atoms with van der Waals surface area (Å²) in [6.07, 6.45) is 4.47. The normalized spacial score (nSPS) is 11.9. The van der Waals surface area contributed by atoms with Crippen molar-refractivity contribution < 1.29 is 0 Å². The summed E-state index contributed by atoms with van der Waals surface area (Å²) in [6.45, 7) is 6.89. The third-order valence-corrected chi connectivity index (χ3v) is 12.8. The summed E-state index contributed by atoms with van der Waals surface area (Å²) in [5.74, 6) is 0. The van der Waals surface area contributed by atoms with Crippen LogP contribution in [0.15, 0.2) is 201 Å². The molecular formula is C55H38N2S. The van der Waals surface area contributed by atoms with Crippen LogP contribution >= 0.6 is 11.3 Å². The van der Waals surface area contributed by atoms with Crippen molar-refractivity contribution in [1.82, 2.24) is 9.13 Å². The van der Waals surface area contributed by atoms with Gasteiger partial charge in [0.25, 0.3) is 0 Å². The van der Waals surface area contributed by atoms with E-state index in [9.17, 15) is 0 Å². The molecule has 0 bridgehead atoms. The highest BCUT2D eigenvalue weighted by Gasteiger charge is 2.18. The van der Waals surface area contributed by atoms with E-state index < -0.39 is 0 Å². The van der Waals surface area contributed by atoms with Gasteiger partial charge in [0.15, 0.2) is 0 Å². The Bertz CT molecular complexity index is 3390. The quantitative estimate of drug-likeness (QED) is 0.143. The molecule has 8 aromatic carbocycles. The molecule has 0 saturated carbocycles. The molecule has 0 saturated heterocycles. The molecule has 58 heavy (non-hydrogen) atoms. The average molecular weight is 759 g/mol. The Morgan fingerprint density at radius 3 is 1.81 bits per heavy atom. The molecule has 274 valence electrons. The van der Waals surface area contributed by atoms with Crippen molar-refractivity contribution in [2.75, 3.05) is 0 Å².